The quantitative estimate of drug-likeness (QED) is 0.369. The Hall–Kier alpha value is -0.833. The second kappa shape index (κ2) is 6.11. The van der Waals surface area contributed by atoms with Crippen LogP contribution in [-0.4, -0.2) is 43.2 Å². The highest BCUT2D eigenvalue weighted by Crippen LogP contribution is 2.63. The van der Waals surface area contributed by atoms with Gasteiger partial charge in [0.25, 0.3) is 0 Å². The zero-order valence-electron chi connectivity index (χ0n) is 11.6. The van der Waals surface area contributed by atoms with Gasteiger partial charge in [0, 0.05) is 0 Å². The van der Waals surface area contributed by atoms with E-state index in [1.165, 1.54) is 0 Å². The van der Waals surface area contributed by atoms with Gasteiger partial charge in [-0.25, -0.2) is 26.3 Å². The molecule has 0 heterocycles. The van der Waals surface area contributed by atoms with Crippen LogP contribution in [0, 0.1) is 0 Å². The first-order chi connectivity index (χ1) is 10.6. The summed E-state index contributed by atoms with van der Waals surface area (Å²) in [6, 6.07) is -3.00. The zero-order valence-corrected chi connectivity index (χ0v) is 12.6. The standard InChI is InChI=1S/C9H7F15Si/c1-2-3-25(7(19,20)4(10,11)12,8(21,22)5(13,14)15)9(23,24)6(16,17)18/h2-3H2,1H3. The summed E-state index contributed by atoms with van der Waals surface area (Å²) in [5.41, 5.74) is -22.9. The predicted octanol–water partition coefficient (Wildman–Crippen LogP) is 6.06. The van der Waals surface area contributed by atoms with E-state index < -0.39 is 55.7 Å². The molecule has 0 aliphatic carbocycles. The fourth-order valence-corrected chi connectivity index (χ4v) is 6.49. The minimum Gasteiger partial charge on any atom is -0.201 e. The second-order valence-electron chi connectivity index (χ2n) is 4.87. The van der Waals surface area contributed by atoms with E-state index in [1.54, 1.807) is 0 Å². The molecule has 0 saturated heterocycles. The normalized spacial score (nSPS) is 16.3. The minimum atomic E-state index is -9.26. The third-order valence-corrected chi connectivity index (χ3v) is 8.62. The highest BCUT2D eigenvalue weighted by Gasteiger charge is 2.97. The summed E-state index contributed by atoms with van der Waals surface area (Å²) in [7, 11) is -9.26. The van der Waals surface area contributed by atoms with E-state index in [2.05, 4.69) is 0 Å². The third kappa shape index (κ3) is 3.18. The summed E-state index contributed by atoms with van der Waals surface area (Å²) < 4.78 is 192. The van der Waals surface area contributed by atoms with Gasteiger partial charge in [0.05, 0.1) is 0 Å². The Balaban J connectivity index is 7.33. The van der Waals surface area contributed by atoms with Gasteiger partial charge in [-0.2, -0.15) is 39.5 Å². The van der Waals surface area contributed by atoms with Crippen molar-refractivity contribution in [2.24, 2.45) is 0 Å². The molecule has 0 nitrogen and oxygen atoms in total. The van der Waals surface area contributed by atoms with Crippen LogP contribution in [-0.2, 0) is 0 Å². The summed E-state index contributed by atoms with van der Waals surface area (Å²) in [4.78, 5) is 0. The van der Waals surface area contributed by atoms with Crippen LogP contribution in [0.2, 0.25) is 6.04 Å². The van der Waals surface area contributed by atoms with Crippen molar-refractivity contribution in [3.63, 3.8) is 0 Å². The fraction of sp³-hybridized carbons (Fsp3) is 1.00. The Labute approximate surface area is 130 Å². The number of rotatable bonds is 5. The maximum atomic E-state index is 13.5. The van der Waals surface area contributed by atoms with E-state index in [-0.39, 0.29) is 0 Å². The first kappa shape index (κ1) is 24.2. The lowest BCUT2D eigenvalue weighted by molar-refractivity contribution is -0.304. The van der Waals surface area contributed by atoms with Crippen LogP contribution >= 0.6 is 0 Å². The minimum absolute atomic E-state index is 0.313. The van der Waals surface area contributed by atoms with Gasteiger partial charge >= 0.3 is 43.2 Å². The highest BCUT2D eigenvalue weighted by molar-refractivity contribution is 6.87. The van der Waals surface area contributed by atoms with Gasteiger partial charge in [-0.05, 0) is 6.04 Å². The lowest BCUT2D eigenvalue weighted by Crippen LogP contribution is -2.84. The van der Waals surface area contributed by atoms with Crippen molar-refractivity contribution in [2.45, 2.75) is 54.6 Å². The summed E-state index contributed by atoms with van der Waals surface area (Å²) in [6.07, 6.45) is -24.2. The molecule has 152 valence electrons. The summed E-state index contributed by atoms with van der Waals surface area (Å²) in [5, 5.41) is 0. The molecule has 0 spiro atoms. The summed E-state index contributed by atoms with van der Waals surface area (Å²) in [6.45, 7) is 0.313. The van der Waals surface area contributed by atoms with Crippen molar-refractivity contribution in [3.8, 4) is 0 Å². The van der Waals surface area contributed by atoms with Crippen LogP contribution in [0.4, 0.5) is 65.9 Å². The van der Waals surface area contributed by atoms with E-state index >= 15 is 0 Å². The molecule has 0 bridgehead atoms. The molecule has 0 saturated carbocycles. The van der Waals surface area contributed by atoms with E-state index in [1.807, 2.05) is 0 Å². The molecule has 0 rings (SSSR count). The topological polar surface area (TPSA) is 0 Å². The largest absolute Gasteiger partial charge is 0.449 e. The van der Waals surface area contributed by atoms with Crippen molar-refractivity contribution in [1.29, 1.82) is 0 Å². The van der Waals surface area contributed by atoms with Crippen molar-refractivity contribution < 1.29 is 65.9 Å². The Morgan fingerprint density at radius 1 is 0.480 bits per heavy atom. The molecular weight excluding hydrogens is 421 g/mol. The number of halogens is 15. The Morgan fingerprint density at radius 2 is 0.680 bits per heavy atom. The van der Waals surface area contributed by atoms with Gasteiger partial charge in [0.2, 0.25) is 0 Å². The predicted molar refractivity (Wildman–Crippen MR) is 53.9 cm³/mol. The van der Waals surface area contributed by atoms with Crippen LogP contribution in [0.5, 0.6) is 0 Å². The molecule has 0 fully saturated rings. The molecule has 0 amide bonds. The smallest absolute Gasteiger partial charge is 0.201 e. The number of hydrogen-bond donors (Lipinski definition) is 0. The average Bonchev–Trinajstić information content (AvgIpc) is 2.30. The summed E-state index contributed by atoms with van der Waals surface area (Å²) in [5.74, 6) is 0. The Bertz CT molecular complexity index is 402. The first-order valence-electron chi connectivity index (χ1n) is 5.90. The maximum Gasteiger partial charge on any atom is 0.449 e. The van der Waals surface area contributed by atoms with Crippen LogP contribution in [0.15, 0.2) is 0 Å². The van der Waals surface area contributed by atoms with Gasteiger partial charge in [0.1, 0.15) is 0 Å². The van der Waals surface area contributed by atoms with Crippen LogP contribution in [0.1, 0.15) is 13.3 Å². The average molecular weight is 428 g/mol. The Morgan fingerprint density at radius 3 is 0.800 bits per heavy atom. The molecule has 0 aromatic rings. The molecule has 0 N–H and O–H groups in total. The lowest BCUT2D eigenvalue weighted by atomic mass is 10.6. The van der Waals surface area contributed by atoms with E-state index in [9.17, 15) is 65.9 Å². The molecule has 0 radical (unpaired) electrons. The number of hydrogen-bond acceptors (Lipinski definition) is 0. The monoisotopic (exact) mass is 428 g/mol. The van der Waals surface area contributed by atoms with Gasteiger partial charge in [-0.15, -0.1) is 0 Å². The van der Waals surface area contributed by atoms with Gasteiger partial charge < -0.3 is 0 Å². The molecule has 0 aromatic heterocycles. The van der Waals surface area contributed by atoms with Crippen molar-refractivity contribution in [3.05, 3.63) is 0 Å². The third-order valence-electron chi connectivity index (χ3n) is 3.30. The Kier molecular flexibility index (Phi) is 5.91. The van der Waals surface area contributed by atoms with Crippen molar-refractivity contribution in [2.75, 3.05) is 0 Å². The zero-order chi connectivity index (χ0) is 20.9. The van der Waals surface area contributed by atoms with Crippen LogP contribution in [0.25, 0.3) is 0 Å². The molecular formula is C9H7F15Si. The van der Waals surface area contributed by atoms with E-state index in [4.69, 9.17) is 0 Å². The van der Waals surface area contributed by atoms with Crippen molar-refractivity contribution >= 4 is 8.07 Å². The maximum absolute atomic E-state index is 13.5. The second-order valence-corrected chi connectivity index (χ2v) is 9.07. The SMILES string of the molecule is CCC[Si](C(F)(F)C(F)(F)F)(C(F)(F)C(F)(F)F)C(F)(F)C(F)(F)F. The van der Waals surface area contributed by atoms with Gasteiger partial charge in [-0.3, -0.25) is 0 Å². The van der Waals surface area contributed by atoms with Crippen LogP contribution < -0.4 is 0 Å². The molecule has 25 heavy (non-hydrogen) atoms. The number of alkyl halides is 15. The molecule has 0 atom stereocenters. The first-order valence-corrected chi connectivity index (χ1v) is 8.10. The molecule has 0 unspecified atom stereocenters. The highest BCUT2D eigenvalue weighted by atomic mass is 28.3. The van der Waals surface area contributed by atoms with Gasteiger partial charge in [0.15, 0.2) is 0 Å². The van der Waals surface area contributed by atoms with E-state index in [0.29, 0.717) is 6.92 Å². The van der Waals surface area contributed by atoms with Crippen molar-refractivity contribution in [1.82, 2.24) is 0 Å². The lowest BCUT2D eigenvalue weighted by Gasteiger charge is -2.47. The van der Waals surface area contributed by atoms with Gasteiger partial charge in [-0.1, -0.05) is 13.3 Å². The van der Waals surface area contributed by atoms with E-state index in [0.717, 1.165) is 0 Å². The molecule has 0 aliphatic heterocycles. The molecule has 16 heteroatoms. The summed E-state index contributed by atoms with van der Waals surface area (Å²) >= 11 is 0. The fourth-order valence-electron chi connectivity index (χ4n) is 2.16. The van der Waals surface area contributed by atoms with Crippen LogP contribution in [0.3, 0.4) is 0 Å². The molecule has 0 aromatic carbocycles. The molecule has 0 aliphatic rings.